The SMILES string of the molecule is CCC(OC(CC)[Si](C)C)[Si](C)C. The molecule has 0 saturated carbocycles. The predicted octanol–water partition coefficient (Wildman–Crippen LogP) is 3.15. The highest BCUT2D eigenvalue weighted by molar-refractivity contribution is 6.58. The van der Waals surface area contributed by atoms with Crippen LogP contribution in [0.4, 0.5) is 0 Å². The summed E-state index contributed by atoms with van der Waals surface area (Å²) >= 11 is 0. The highest BCUT2D eigenvalue weighted by atomic mass is 28.3. The van der Waals surface area contributed by atoms with Gasteiger partial charge in [-0.25, -0.2) is 0 Å². The molecule has 1 nitrogen and oxygen atoms in total. The summed E-state index contributed by atoms with van der Waals surface area (Å²) < 4.78 is 6.16. The Kier molecular flexibility index (Phi) is 7.00. The summed E-state index contributed by atoms with van der Waals surface area (Å²) in [6.45, 7) is 13.9. The molecule has 2 unspecified atom stereocenters. The Balaban J connectivity index is 4.03. The van der Waals surface area contributed by atoms with E-state index in [4.69, 9.17) is 4.74 Å². The zero-order chi connectivity index (χ0) is 10.4. The van der Waals surface area contributed by atoms with Gasteiger partial charge in [0.05, 0.1) is 17.6 Å². The molecule has 0 aromatic rings. The van der Waals surface area contributed by atoms with Crippen molar-refractivity contribution in [3.05, 3.63) is 0 Å². The third kappa shape index (κ3) is 4.98. The molecule has 2 radical (unpaired) electrons. The molecular formula is C10H24OSi2. The topological polar surface area (TPSA) is 9.23 Å². The second kappa shape index (κ2) is 6.79. The molecule has 0 fully saturated rings. The minimum absolute atomic E-state index is 0.268. The number of hydrogen-bond acceptors (Lipinski definition) is 1. The molecule has 0 rings (SSSR count). The number of hydrogen-bond donors (Lipinski definition) is 0. The molecule has 78 valence electrons. The second-order valence-corrected chi connectivity index (χ2v) is 9.68. The molecule has 0 spiro atoms. The maximum absolute atomic E-state index is 6.16. The zero-order valence-corrected chi connectivity index (χ0v) is 12.0. The monoisotopic (exact) mass is 216 g/mol. The van der Waals surface area contributed by atoms with Crippen LogP contribution in [-0.4, -0.2) is 29.0 Å². The largest absolute Gasteiger partial charge is 0.382 e. The van der Waals surface area contributed by atoms with E-state index in [-0.39, 0.29) is 17.6 Å². The summed E-state index contributed by atoms with van der Waals surface area (Å²) in [7, 11) is -0.536. The van der Waals surface area contributed by atoms with Crippen molar-refractivity contribution in [2.45, 2.75) is 64.3 Å². The summed E-state index contributed by atoms with van der Waals surface area (Å²) in [5.41, 5.74) is 1.13. The van der Waals surface area contributed by atoms with Gasteiger partial charge in [-0.2, -0.15) is 0 Å². The van der Waals surface area contributed by atoms with Crippen LogP contribution in [0.2, 0.25) is 26.2 Å². The molecule has 3 heteroatoms. The van der Waals surface area contributed by atoms with Gasteiger partial charge in [-0.1, -0.05) is 40.0 Å². The van der Waals surface area contributed by atoms with Gasteiger partial charge in [0.1, 0.15) is 0 Å². The van der Waals surface area contributed by atoms with Crippen molar-refractivity contribution in [1.29, 1.82) is 0 Å². The summed E-state index contributed by atoms with van der Waals surface area (Å²) in [4.78, 5) is 0. The van der Waals surface area contributed by atoms with E-state index in [0.29, 0.717) is 11.5 Å². The maximum atomic E-state index is 6.16. The van der Waals surface area contributed by atoms with Gasteiger partial charge in [-0.15, -0.1) is 0 Å². The quantitative estimate of drug-likeness (QED) is 0.620. The van der Waals surface area contributed by atoms with Crippen molar-refractivity contribution in [2.24, 2.45) is 0 Å². The molecule has 0 heterocycles. The molecule has 0 N–H and O–H groups in total. The fraction of sp³-hybridized carbons (Fsp3) is 1.00. The molecule has 0 aromatic carbocycles. The lowest BCUT2D eigenvalue weighted by molar-refractivity contribution is 0.0686. The van der Waals surface area contributed by atoms with E-state index in [1.54, 1.807) is 0 Å². The van der Waals surface area contributed by atoms with Gasteiger partial charge in [0.2, 0.25) is 0 Å². The smallest absolute Gasteiger partial charge is 0.0783 e. The van der Waals surface area contributed by atoms with Crippen LogP contribution in [-0.2, 0) is 4.74 Å². The van der Waals surface area contributed by atoms with Crippen LogP contribution in [0.25, 0.3) is 0 Å². The molecule has 2 atom stereocenters. The molecule has 0 amide bonds. The highest BCUT2D eigenvalue weighted by Gasteiger charge is 2.20. The van der Waals surface area contributed by atoms with Crippen LogP contribution in [0.1, 0.15) is 26.7 Å². The molecule has 0 aliphatic heterocycles. The van der Waals surface area contributed by atoms with Gasteiger partial charge in [0.15, 0.2) is 0 Å². The highest BCUT2D eigenvalue weighted by Crippen LogP contribution is 2.11. The first-order valence-electron chi connectivity index (χ1n) is 5.28. The lowest BCUT2D eigenvalue weighted by Gasteiger charge is -2.27. The van der Waals surface area contributed by atoms with E-state index in [9.17, 15) is 0 Å². The molecule has 0 aliphatic rings. The van der Waals surface area contributed by atoms with E-state index >= 15 is 0 Å². The van der Waals surface area contributed by atoms with E-state index in [2.05, 4.69) is 40.0 Å². The second-order valence-electron chi connectivity index (χ2n) is 4.08. The Labute approximate surface area is 87.1 Å². The number of ether oxygens (including phenoxy) is 1. The first-order chi connectivity index (χ1) is 6.02. The van der Waals surface area contributed by atoms with Crippen LogP contribution in [0.5, 0.6) is 0 Å². The fourth-order valence-electron chi connectivity index (χ4n) is 1.48. The fourth-order valence-corrected chi connectivity index (χ4v) is 4.12. The van der Waals surface area contributed by atoms with Crippen molar-refractivity contribution < 1.29 is 4.74 Å². The van der Waals surface area contributed by atoms with Crippen molar-refractivity contribution in [2.75, 3.05) is 0 Å². The van der Waals surface area contributed by atoms with E-state index in [1.807, 2.05) is 0 Å². The Morgan fingerprint density at radius 1 is 0.846 bits per heavy atom. The van der Waals surface area contributed by atoms with Gasteiger partial charge in [0.25, 0.3) is 0 Å². The summed E-state index contributed by atoms with van der Waals surface area (Å²) in [6.07, 6.45) is 2.37. The Bertz CT molecular complexity index is 112. The van der Waals surface area contributed by atoms with Crippen molar-refractivity contribution in [3.8, 4) is 0 Å². The molecule has 13 heavy (non-hydrogen) atoms. The molecule has 0 aromatic heterocycles. The van der Waals surface area contributed by atoms with Gasteiger partial charge in [-0.05, 0) is 12.8 Å². The minimum atomic E-state index is -0.268. The summed E-state index contributed by atoms with van der Waals surface area (Å²) in [5.74, 6) is 0. The molecule has 0 aliphatic carbocycles. The van der Waals surface area contributed by atoms with Crippen LogP contribution in [0.15, 0.2) is 0 Å². The average molecular weight is 216 g/mol. The standard InChI is InChI=1S/C10H24OSi2/c1-7-9(12(3)4)11-10(8-2)13(5)6/h9-10H,7-8H2,1-6H3. The summed E-state index contributed by atoms with van der Waals surface area (Å²) in [6, 6.07) is 0. The first kappa shape index (κ1) is 13.4. The first-order valence-corrected chi connectivity index (χ1v) is 10.4. The normalized spacial score (nSPS) is 16.6. The van der Waals surface area contributed by atoms with Crippen LogP contribution in [0, 0.1) is 0 Å². The van der Waals surface area contributed by atoms with Crippen LogP contribution < -0.4 is 0 Å². The van der Waals surface area contributed by atoms with Gasteiger partial charge >= 0.3 is 0 Å². The number of rotatable bonds is 6. The van der Waals surface area contributed by atoms with E-state index < -0.39 is 0 Å². The molecule has 0 bridgehead atoms. The van der Waals surface area contributed by atoms with Gasteiger partial charge in [-0.3, -0.25) is 0 Å². The van der Waals surface area contributed by atoms with Crippen LogP contribution in [0.3, 0.4) is 0 Å². The maximum Gasteiger partial charge on any atom is 0.0783 e. The van der Waals surface area contributed by atoms with Crippen molar-refractivity contribution >= 4 is 17.6 Å². The van der Waals surface area contributed by atoms with E-state index in [0.717, 1.165) is 0 Å². The van der Waals surface area contributed by atoms with Crippen LogP contribution >= 0.6 is 0 Å². The van der Waals surface area contributed by atoms with Gasteiger partial charge in [0, 0.05) is 11.5 Å². The lowest BCUT2D eigenvalue weighted by Crippen LogP contribution is -2.37. The van der Waals surface area contributed by atoms with Crippen molar-refractivity contribution in [3.63, 3.8) is 0 Å². The van der Waals surface area contributed by atoms with E-state index in [1.165, 1.54) is 12.8 Å². The Morgan fingerprint density at radius 2 is 1.15 bits per heavy atom. The van der Waals surface area contributed by atoms with Crippen molar-refractivity contribution in [1.82, 2.24) is 0 Å². The van der Waals surface area contributed by atoms with Gasteiger partial charge < -0.3 is 4.74 Å². The third-order valence-electron chi connectivity index (χ3n) is 2.36. The molecular weight excluding hydrogens is 192 g/mol. The Morgan fingerprint density at radius 3 is 1.31 bits per heavy atom. The Hall–Kier alpha value is 0.394. The third-order valence-corrected chi connectivity index (χ3v) is 6.02. The lowest BCUT2D eigenvalue weighted by atomic mass is 10.5. The zero-order valence-electron chi connectivity index (χ0n) is 9.98. The predicted molar refractivity (Wildman–Crippen MR) is 64.2 cm³/mol. The molecule has 0 saturated heterocycles. The average Bonchev–Trinajstić information content (AvgIpc) is 2.05. The summed E-state index contributed by atoms with van der Waals surface area (Å²) in [5, 5.41) is 0. The minimum Gasteiger partial charge on any atom is -0.382 e.